The second kappa shape index (κ2) is 17.9. The first-order valence-corrected chi connectivity index (χ1v) is 20.3. The van der Waals surface area contributed by atoms with Crippen molar-refractivity contribution in [3.8, 4) is 0 Å². The minimum Gasteiger partial charge on any atom is -0.462 e. The summed E-state index contributed by atoms with van der Waals surface area (Å²) in [5, 5.41) is 0. The van der Waals surface area contributed by atoms with Crippen molar-refractivity contribution >= 4 is 5.97 Å². The third kappa shape index (κ3) is 9.43. The molecular weight excluding hydrogens is 560 g/mol. The molecule has 2 nitrogen and oxygen atoms in total. The van der Waals surface area contributed by atoms with Gasteiger partial charge in [0, 0.05) is 6.42 Å². The van der Waals surface area contributed by atoms with Gasteiger partial charge in [0.15, 0.2) is 0 Å². The Morgan fingerprint density at radius 2 is 1.52 bits per heavy atom. The van der Waals surface area contributed by atoms with Crippen LogP contribution < -0.4 is 0 Å². The molecule has 4 rings (SSSR count). The van der Waals surface area contributed by atoms with Crippen molar-refractivity contribution < 1.29 is 9.53 Å². The van der Waals surface area contributed by atoms with Gasteiger partial charge < -0.3 is 4.74 Å². The van der Waals surface area contributed by atoms with Gasteiger partial charge in [0.25, 0.3) is 0 Å². The zero-order valence-corrected chi connectivity index (χ0v) is 31.4. The molecule has 0 aliphatic heterocycles. The van der Waals surface area contributed by atoms with Crippen LogP contribution in [0, 0.1) is 46.3 Å². The van der Waals surface area contributed by atoms with E-state index in [0.717, 1.165) is 49.4 Å². The van der Waals surface area contributed by atoms with Gasteiger partial charge >= 0.3 is 5.97 Å². The Morgan fingerprint density at radius 3 is 2.24 bits per heavy atom. The fraction of sp³-hybridized carbons (Fsp3) is 0.841. The normalized spacial score (nSPS) is 32.9. The lowest BCUT2D eigenvalue weighted by molar-refractivity contribution is -0.155. The van der Waals surface area contributed by atoms with Gasteiger partial charge in [0.2, 0.25) is 0 Å². The molecule has 0 aromatic carbocycles. The standard InChI is InChI=1S/C44H74O2/c1-8-9-10-11-12-13-14-15-16-17-18-19-20-21-42(45)46-37-28-30-43(6)36(32-37)24-25-38-40-27-26-39(44(40,7)31-29-41(38)43)35(5)23-22-34(4)33(2)3/h13-14,25,33,35-37,39-41H,4,8-12,15-24,26-32H2,1-3,5-7H3/b14-13-/t35-,36+,37+,39-,40+,41+,43+,44-/m1/s1. The van der Waals surface area contributed by atoms with E-state index in [0.29, 0.717) is 29.1 Å². The number of esters is 1. The number of ether oxygens (including phenoxy) is 1. The highest BCUT2D eigenvalue weighted by molar-refractivity contribution is 5.69. The predicted molar refractivity (Wildman–Crippen MR) is 198 cm³/mol. The van der Waals surface area contributed by atoms with Crippen LogP contribution in [0.5, 0.6) is 0 Å². The Kier molecular flexibility index (Phi) is 14.6. The molecule has 4 aliphatic rings. The summed E-state index contributed by atoms with van der Waals surface area (Å²) in [6.07, 6.45) is 34.7. The molecule has 0 bridgehead atoms. The van der Waals surface area contributed by atoms with Crippen molar-refractivity contribution in [2.75, 3.05) is 0 Å². The van der Waals surface area contributed by atoms with Gasteiger partial charge in [-0.05, 0) is 143 Å². The van der Waals surface area contributed by atoms with E-state index in [2.05, 4.69) is 66.3 Å². The number of fused-ring (bicyclic) bond motifs is 5. The van der Waals surface area contributed by atoms with E-state index in [1.165, 1.54) is 115 Å². The summed E-state index contributed by atoms with van der Waals surface area (Å²) < 4.78 is 6.13. The number of allylic oxidation sites excluding steroid dienone is 5. The van der Waals surface area contributed by atoms with Gasteiger partial charge in [-0.25, -0.2) is 0 Å². The molecular formula is C44H74O2. The molecule has 0 aromatic rings. The van der Waals surface area contributed by atoms with Crippen molar-refractivity contribution in [2.45, 2.75) is 189 Å². The van der Waals surface area contributed by atoms with Crippen molar-refractivity contribution in [1.29, 1.82) is 0 Å². The van der Waals surface area contributed by atoms with Gasteiger partial charge in [0.05, 0.1) is 0 Å². The highest BCUT2D eigenvalue weighted by Gasteiger charge is 2.58. The summed E-state index contributed by atoms with van der Waals surface area (Å²) in [6.45, 7) is 19.1. The lowest BCUT2D eigenvalue weighted by Crippen LogP contribution is -2.50. The number of carbonyl (C=O) groups is 1. The molecule has 4 aliphatic carbocycles. The Labute approximate surface area is 286 Å². The van der Waals surface area contributed by atoms with Crippen LogP contribution in [0.1, 0.15) is 183 Å². The molecule has 0 heterocycles. The fourth-order valence-electron chi connectivity index (χ4n) is 10.7. The van der Waals surface area contributed by atoms with Gasteiger partial charge in [-0.3, -0.25) is 4.79 Å². The first-order valence-electron chi connectivity index (χ1n) is 20.3. The number of rotatable bonds is 19. The number of carbonyl (C=O) groups excluding carboxylic acids is 1. The van der Waals surface area contributed by atoms with Gasteiger partial charge in [-0.1, -0.05) is 116 Å². The first kappa shape index (κ1) is 37.5. The largest absolute Gasteiger partial charge is 0.462 e. The summed E-state index contributed by atoms with van der Waals surface area (Å²) in [6, 6.07) is 0. The second-order valence-electron chi connectivity index (χ2n) is 17.3. The average molecular weight is 635 g/mol. The second-order valence-corrected chi connectivity index (χ2v) is 17.3. The fourth-order valence-corrected chi connectivity index (χ4v) is 10.7. The molecule has 0 unspecified atom stereocenters. The minimum atomic E-state index is 0.0585. The van der Waals surface area contributed by atoms with Crippen LogP contribution in [0.2, 0.25) is 0 Å². The van der Waals surface area contributed by atoms with E-state index < -0.39 is 0 Å². The van der Waals surface area contributed by atoms with Crippen LogP contribution in [-0.2, 0) is 9.53 Å². The van der Waals surface area contributed by atoms with Gasteiger partial charge in [-0.15, -0.1) is 0 Å². The Balaban J connectivity index is 1.17. The third-order valence-corrected chi connectivity index (χ3v) is 14.0. The maximum atomic E-state index is 12.8. The summed E-state index contributed by atoms with van der Waals surface area (Å²) >= 11 is 0. The molecule has 0 N–H and O–H groups in total. The van der Waals surface area contributed by atoms with Crippen molar-refractivity contribution in [3.63, 3.8) is 0 Å². The van der Waals surface area contributed by atoms with E-state index in [9.17, 15) is 4.79 Å². The van der Waals surface area contributed by atoms with Crippen molar-refractivity contribution in [1.82, 2.24) is 0 Å². The van der Waals surface area contributed by atoms with Crippen LogP contribution in [0.25, 0.3) is 0 Å². The maximum absolute atomic E-state index is 12.8. The molecule has 3 fully saturated rings. The zero-order valence-electron chi connectivity index (χ0n) is 31.4. The average Bonchev–Trinajstić information content (AvgIpc) is 3.39. The lowest BCUT2D eigenvalue weighted by Gasteiger charge is -2.58. The number of unbranched alkanes of at least 4 members (excludes halogenated alkanes) is 9. The summed E-state index contributed by atoms with van der Waals surface area (Å²) in [5.41, 5.74) is 4.14. The Bertz CT molecular complexity index is 1020. The summed E-state index contributed by atoms with van der Waals surface area (Å²) in [7, 11) is 0. The lowest BCUT2D eigenvalue weighted by atomic mass is 9.47. The molecule has 2 heteroatoms. The molecule has 8 atom stereocenters. The van der Waals surface area contributed by atoms with Gasteiger partial charge in [0.1, 0.15) is 6.10 Å². The van der Waals surface area contributed by atoms with Crippen LogP contribution in [0.4, 0.5) is 0 Å². The number of hydrogen-bond donors (Lipinski definition) is 0. The highest BCUT2D eigenvalue weighted by Crippen LogP contribution is 2.67. The quantitative estimate of drug-likeness (QED) is 0.0802. The molecule has 3 saturated carbocycles. The maximum Gasteiger partial charge on any atom is 0.306 e. The van der Waals surface area contributed by atoms with E-state index in [-0.39, 0.29) is 12.1 Å². The monoisotopic (exact) mass is 635 g/mol. The number of hydrogen-bond acceptors (Lipinski definition) is 2. The summed E-state index contributed by atoms with van der Waals surface area (Å²) in [4.78, 5) is 12.8. The Morgan fingerprint density at radius 1 is 0.870 bits per heavy atom. The smallest absolute Gasteiger partial charge is 0.306 e. The minimum absolute atomic E-state index is 0.0585. The molecule has 0 radical (unpaired) electrons. The third-order valence-electron chi connectivity index (χ3n) is 14.0. The Hall–Kier alpha value is -1.31. The molecule has 0 amide bonds. The first-order chi connectivity index (χ1) is 22.1. The molecule has 0 aromatic heterocycles. The van der Waals surface area contributed by atoms with Crippen LogP contribution >= 0.6 is 0 Å². The summed E-state index contributed by atoms with van der Waals surface area (Å²) in [5.74, 6) is 4.51. The molecule has 0 spiro atoms. The van der Waals surface area contributed by atoms with Crippen LogP contribution in [-0.4, -0.2) is 12.1 Å². The highest BCUT2D eigenvalue weighted by atomic mass is 16.5. The van der Waals surface area contributed by atoms with Crippen molar-refractivity contribution in [2.24, 2.45) is 46.3 Å². The molecule has 0 saturated heterocycles. The van der Waals surface area contributed by atoms with E-state index in [4.69, 9.17) is 4.74 Å². The van der Waals surface area contributed by atoms with Crippen molar-refractivity contribution in [3.05, 3.63) is 36.0 Å². The SMILES string of the molecule is C=C(CC[C@@H](C)[C@H]1CC[C@H]2C3=CC[C@H]4C[C@@H](OC(=O)CCCCCCC/C=C\CCCCCC)CC[C@]4(C)[C@H]3CC[C@]12C)C(C)C. The topological polar surface area (TPSA) is 26.3 Å². The van der Waals surface area contributed by atoms with E-state index in [1.807, 2.05) is 5.57 Å². The van der Waals surface area contributed by atoms with Crippen LogP contribution in [0.15, 0.2) is 36.0 Å². The molecule has 46 heavy (non-hydrogen) atoms. The van der Waals surface area contributed by atoms with Crippen LogP contribution in [0.3, 0.4) is 0 Å². The predicted octanol–water partition coefficient (Wildman–Crippen LogP) is 13.4. The molecule has 262 valence electrons. The van der Waals surface area contributed by atoms with E-state index >= 15 is 0 Å². The zero-order chi connectivity index (χ0) is 33.2. The van der Waals surface area contributed by atoms with Gasteiger partial charge in [-0.2, -0.15) is 0 Å². The van der Waals surface area contributed by atoms with E-state index in [1.54, 1.807) is 0 Å².